The van der Waals surface area contributed by atoms with E-state index in [9.17, 15) is 4.79 Å². The molecule has 6 nitrogen and oxygen atoms in total. The van der Waals surface area contributed by atoms with E-state index in [0.29, 0.717) is 17.3 Å². The molecule has 4 aromatic rings. The van der Waals surface area contributed by atoms with Crippen LogP contribution < -0.4 is 10.2 Å². The zero-order chi connectivity index (χ0) is 21.9. The molecule has 162 valence electrons. The van der Waals surface area contributed by atoms with Crippen molar-refractivity contribution in [3.8, 4) is 0 Å². The number of piperidine rings is 1. The minimum Gasteiger partial charge on any atom is -0.355 e. The normalized spacial score (nSPS) is 14.6. The van der Waals surface area contributed by atoms with Gasteiger partial charge in [0, 0.05) is 18.8 Å². The highest BCUT2D eigenvalue weighted by Crippen LogP contribution is 2.26. The molecule has 32 heavy (non-hydrogen) atoms. The molecule has 2 aromatic heterocycles. The number of nitrogens with one attached hydrogen (secondary N) is 1. The molecule has 0 aliphatic carbocycles. The fraction of sp³-hybridized carbons (Fsp3) is 0.280. The van der Waals surface area contributed by atoms with Crippen molar-refractivity contribution in [3.05, 3.63) is 76.9 Å². The van der Waals surface area contributed by atoms with E-state index in [1.54, 1.807) is 17.4 Å². The summed E-state index contributed by atoms with van der Waals surface area (Å²) in [5.41, 5.74) is 3.31. The Hall–Kier alpha value is -3.32. The molecule has 0 unspecified atom stereocenters. The molecule has 1 fully saturated rings. The number of amides is 1. The van der Waals surface area contributed by atoms with Crippen LogP contribution in [-0.4, -0.2) is 34.2 Å². The lowest BCUT2D eigenvalue weighted by molar-refractivity contribution is 0.102. The summed E-state index contributed by atoms with van der Waals surface area (Å²) in [6.45, 7) is 3.90. The highest BCUT2D eigenvalue weighted by Gasteiger charge is 2.21. The van der Waals surface area contributed by atoms with Crippen LogP contribution in [0, 0.1) is 12.8 Å². The molecule has 5 rings (SSSR count). The summed E-state index contributed by atoms with van der Waals surface area (Å²) in [4.78, 5) is 19.4. The zero-order valence-electron chi connectivity index (χ0n) is 18.0. The van der Waals surface area contributed by atoms with Gasteiger partial charge in [-0.3, -0.25) is 4.79 Å². The Balaban J connectivity index is 1.18. The summed E-state index contributed by atoms with van der Waals surface area (Å²) in [7, 11) is 0. The number of thiazole rings is 1. The summed E-state index contributed by atoms with van der Waals surface area (Å²) in [5.74, 6) is 1.27. The van der Waals surface area contributed by atoms with E-state index in [1.807, 2.05) is 31.2 Å². The van der Waals surface area contributed by atoms with E-state index in [2.05, 4.69) is 55.7 Å². The Morgan fingerprint density at radius 1 is 1.06 bits per heavy atom. The van der Waals surface area contributed by atoms with Gasteiger partial charge in [-0.25, -0.2) is 4.98 Å². The summed E-state index contributed by atoms with van der Waals surface area (Å²) >= 11 is 1.64. The van der Waals surface area contributed by atoms with Crippen LogP contribution in [0.3, 0.4) is 0 Å². The minimum absolute atomic E-state index is 0.267. The molecule has 2 aromatic carbocycles. The number of fused-ring (bicyclic) bond motifs is 1. The lowest BCUT2D eigenvalue weighted by Gasteiger charge is -2.32. The van der Waals surface area contributed by atoms with E-state index >= 15 is 0 Å². The Labute approximate surface area is 191 Å². The highest BCUT2D eigenvalue weighted by atomic mass is 32.1. The number of hydrogen-bond donors (Lipinski definition) is 1. The first-order chi connectivity index (χ1) is 15.6. The molecule has 0 bridgehead atoms. The largest absolute Gasteiger partial charge is 0.355 e. The average molecular weight is 444 g/mol. The monoisotopic (exact) mass is 443 g/mol. The maximum atomic E-state index is 12.6. The number of rotatable bonds is 5. The zero-order valence-corrected chi connectivity index (χ0v) is 18.8. The third-order valence-corrected chi connectivity index (χ3v) is 6.89. The van der Waals surface area contributed by atoms with Crippen molar-refractivity contribution in [2.75, 3.05) is 23.3 Å². The second-order valence-corrected chi connectivity index (χ2v) is 9.50. The van der Waals surface area contributed by atoms with E-state index in [4.69, 9.17) is 0 Å². The van der Waals surface area contributed by atoms with Gasteiger partial charge in [0.05, 0.1) is 15.2 Å². The fourth-order valence-corrected chi connectivity index (χ4v) is 5.05. The molecule has 1 amide bonds. The summed E-state index contributed by atoms with van der Waals surface area (Å²) in [5, 5.41) is 12.4. The quantitative estimate of drug-likeness (QED) is 0.464. The molecular formula is C25H25N5OS. The van der Waals surface area contributed by atoms with Crippen molar-refractivity contribution in [1.29, 1.82) is 0 Å². The number of benzene rings is 2. The smallest absolute Gasteiger partial charge is 0.276 e. The molecular weight excluding hydrogens is 418 g/mol. The third-order valence-electron chi connectivity index (χ3n) is 5.94. The Kier molecular flexibility index (Phi) is 5.81. The number of nitrogens with zero attached hydrogens (tertiary/aromatic N) is 4. The number of aromatic nitrogens is 3. The second kappa shape index (κ2) is 9.04. The third kappa shape index (κ3) is 4.62. The number of carbonyl (C=O) groups excluding carboxylic acids is 1. The van der Waals surface area contributed by atoms with Gasteiger partial charge in [-0.1, -0.05) is 30.3 Å². The Morgan fingerprint density at radius 2 is 1.88 bits per heavy atom. The van der Waals surface area contributed by atoms with Crippen molar-refractivity contribution in [1.82, 2.24) is 15.2 Å². The van der Waals surface area contributed by atoms with E-state index < -0.39 is 0 Å². The summed E-state index contributed by atoms with van der Waals surface area (Å²) in [6.07, 6.45) is 3.40. The van der Waals surface area contributed by atoms with Gasteiger partial charge in [0.15, 0.2) is 11.5 Å². The van der Waals surface area contributed by atoms with Gasteiger partial charge in [-0.2, -0.15) is 0 Å². The lowest BCUT2D eigenvalue weighted by atomic mass is 9.90. The van der Waals surface area contributed by atoms with Gasteiger partial charge in [-0.15, -0.1) is 21.5 Å². The van der Waals surface area contributed by atoms with Crippen LogP contribution in [0.15, 0.2) is 60.7 Å². The number of carbonyl (C=O) groups is 1. The van der Waals surface area contributed by atoms with Crippen LogP contribution in [0.2, 0.25) is 0 Å². The molecule has 1 saturated heterocycles. The maximum absolute atomic E-state index is 12.6. The first kappa shape index (κ1) is 20.6. The van der Waals surface area contributed by atoms with E-state index in [1.165, 1.54) is 5.56 Å². The van der Waals surface area contributed by atoms with Crippen LogP contribution in [0.4, 0.5) is 11.5 Å². The van der Waals surface area contributed by atoms with Gasteiger partial charge < -0.3 is 10.2 Å². The van der Waals surface area contributed by atoms with E-state index in [-0.39, 0.29) is 5.91 Å². The molecule has 1 aliphatic rings. The van der Waals surface area contributed by atoms with Gasteiger partial charge in [0.1, 0.15) is 0 Å². The van der Waals surface area contributed by atoms with Crippen molar-refractivity contribution in [2.45, 2.75) is 26.2 Å². The number of aryl methyl sites for hydroxylation is 1. The first-order valence-electron chi connectivity index (χ1n) is 11.0. The predicted octanol–water partition coefficient (Wildman–Crippen LogP) is 5.11. The average Bonchev–Trinajstić information content (AvgIpc) is 3.20. The van der Waals surface area contributed by atoms with Crippen LogP contribution >= 0.6 is 11.3 Å². The molecule has 1 N–H and O–H groups in total. The first-order valence-corrected chi connectivity index (χ1v) is 11.8. The highest BCUT2D eigenvalue weighted by molar-refractivity contribution is 7.18. The van der Waals surface area contributed by atoms with Crippen LogP contribution in [0.5, 0.6) is 0 Å². The van der Waals surface area contributed by atoms with Gasteiger partial charge in [-0.05, 0) is 68.0 Å². The standard InChI is InChI=1S/C25H25N5OS/c1-17-26-22-16-20(7-9-23(22)32-17)27-25(31)21-8-10-24(29-28-21)30-13-11-19(12-14-30)15-18-5-3-2-4-6-18/h2-10,16,19H,11-15H2,1H3,(H,27,31). The lowest BCUT2D eigenvalue weighted by Crippen LogP contribution is -2.35. The Morgan fingerprint density at radius 3 is 2.62 bits per heavy atom. The van der Waals surface area contributed by atoms with Crippen molar-refractivity contribution in [2.24, 2.45) is 5.92 Å². The number of anilines is 2. The van der Waals surface area contributed by atoms with Crippen molar-refractivity contribution >= 4 is 39.0 Å². The topological polar surface area (TPSA) is 71.0 Å². The molecule has 3 heterocycles. The molecule has 7 heteroatoms. The van der Waals surface area contributed by atoms with Gasteiger partial charge >= 0.3 is 0 Å². The Bertz CT molecular complexity index is 1210. The van der Waals surface area contributed by atoms with E-state index in [0.717, 1.165) is 53.4 Å². The SMILES string of the molecule is Cc1nc2cc(NC(=O)c3ccc(N4CCC(Cc5ccccc5)CC4)nn3)ccc2s1. The van der Waals surface area contributed by atoms with Crippen molar-refractivity contribution in [3.63, 3.8) is 0 Å². The summed E-state index contributed by atoms with van der Waals surface area (Å²) in [6, 6.07) is 20.1. The summed E-state index contributed by atoms with van der Waals surface area (Å²) < 4.78 is 1.11. The van der Waals surface area contributed by atoms with Crippen LogP contribution in [0.25, 0.3) is 10.2 Å². The second-order valence-electron chi connectivity index (χ2n) is 8.27. The maximum Gasteiger partial charge on any atom is 0.276 e. The minimum atomic E-state index is -0.267. The van der Waals surface area contributed by atoms with Gasteiger partial charge in [0.2, 0.25) is 0 Å². The fourth-order valence-electron chi connectivity index (χ4n) is 4.24. The molecule has 0 saturated carbocycles. The molecule has 1 aliphatic heterocycles. The molecule has 0 spiro atoms. The van der Waals surface area contributed by atoms with Crippen molar-refractivity contribution < 1.29 is 4.79 Å². The molecule has 0 radical (unpaired) electrons. The molecule has 0 atom stereocenters. The number of hydrogen-bond acceptors (Lipinski definition) is 6. The van der Waals surface area contributed by atoms with Crippen LogP contribution in [-0.2, 0) is 6.42 Å². The van der Waals surface area contributed by atoms with Gasteiger partial charge in [0.25, 0.3) is 5.91 Å². The predicted molar refractivity (Wildman–Crippen MR) is 129 cm³/mol. The van der Waals surface area contributed by atoms with Crippen LogP contribution in [0.1, 0.15) is 33.9 Å².